The lowest BCUT2D eigenvalue weighted by atomic mass is 10.0. The van der Waals surface area contributed by atoms with Crippen molar-refractivity contribution in [3.63, 3.8) is 0 Å². The van der Waals surface area contributed by atoms with Crippen LogP contribution in [0.1, 0.15) is 31.9 Å². The summed E-state index contributed by atoms with van der Waals surface area (Å²) in [6.45, 7) is 9.24. The predicted molar refractivity (Wildman–Crippen MR) is 129 cm³/mol. The Labute approximate surface area is 198 Å². The highest BCUT2D eigenvalue weighted by Gasteiger charge is 2.16. The number of methoxy groups -OCH3 is 1. The van der Waals surface area contributed by atoms with Crippen molar-refractivity contribution in [3.05, 3.63) is 60.2 Å². The smallest absolute Gasteiger partial charge is 0.407 e. The highest BCUT2D eigenvalue weighted by atomic mass is 16.6. The molecule has 0 spiro atoms. The van der Waals surface area contributed by atoms with Gasteiger partial charge in [-0.3, -0.25) is 4.68 Å². The van der Waals surface area contributed by atoms with Crippen molar-refractivity contribution >= 4 is 11.6 Å². The highest BCUT2D eigenvalue weighted by molar-refractivity contribution is 5.81. The first-order valence-corrected chi connectivity index (χ1v) is 11.2. The van der Waals surface area contributed by atoms with Gasteiger partial charge in [-0.25, -0.2) is 14.3 Å². The minimum atomic E-state index is -0.528. The van der Waals surface area contributed by atoms with Crippen LogP contribution in [0.2, 0.25) is 0 Å². The Morgan fingerprint density at radius 3 is 2.71 bits per heavy atom. The van der Waals surface area contributed by atoms with Gasteiger partial charge >= 0.3 is 6.09 Å². The van der Waals surface area contributed by atoms with Crippen molar-refractivity contribution in [3.8, 4) is 22.5 Å². The van der Waals surface area contributed by atoms with E-state index in [1.165, 1.54) is 0 Å². The van der Waals surface area contributed by atoms with E-state index < -0.39 is 11.7 Å². The van der Waals surface area contributed by atoms with Gasteiger partial charge in [0, 0.05) is 37.2 Å². The van der Waals surface area contributed by atoms with Gasteiger partial charge < -0.3 is 14.8 Å². The Morgan fingerprint density at radius 2 is 1.97 bits per heavy atom. The molecule has 178 valence electrons. The number of amides is 1. The summed E-state index contributed by atoms with van der Waals surface area (Å²) < 4.78 is 14.1. The first-order chi connectivity index (χ1) is 16.2. The van der Waals surface area contributed by atoms with E-state index in [2.05, 4.69) is 26.6 Å². The quantitative estimate of drug-likeness (QED) is 0.441. The van der Waals surface area contributed by atoms with Gasteiger partial charge in [0.1, 0.15) is 11.9 Å². The standard InChI is InChI=1S/C25H30N6O3/c1-17-12-18(6-7-19(17)14-26-24(32)34-25(2,3)4)23-22-13-20(15-31(22)28-16-27-23)21-8-9-30(29-21)10-11-33-5/h6-9,12-13,15-16H,10-11,14H2,1-5H3,(H,26,32). The van der Waals surface area contributed by atoms with Crippen LogP contribution in [0.4, 0.5) is 4.79 Å². The molecule has 0 atom stereocenters. The van der Waals surface area contributed by atoms with Crippen molar-refractivity contribution in [1.29, 1.82) is 0 Å². The summed E-state index contributed by atoms with van der Waals surface area (Å²) in [5.74, 6) is 0. The number of alkyl carbamates (subject to hydrolysis) is 1. The maximum absolute atomic E-state index is 12.0. The second-order valence-electron chi connectivity index (χ2n) is 9.12. The zero-order valence-electron chi connectivity index (χ0n) is 20.2. The van der Waals surface area contributed by atoms with E-state index in [9.17, 15) is 4.79 Å². The molecule has 1 N–H and O–H groups in total. The summed E-state index contributed by atoms with van der Waals surface area (Å²) in [6, 6.07) is 10.1. The van der Waals surface area contributed by atoms with E-state index in [-0.39, 0.29) is 0 Å². The van der Waals surface area contributed by atoms with Gasteiger partial charge in [-0.05, 0) is 57.0 Å². The fourth-order valence-corrected chi connectivity index (χ4v) is 3.64. The lowest BCUT2D eigenvalue weighted by Gasteiger charge is -2.20. The third-order valence-electron chi connectivity index (χ3n) is 5.30. The first kappa shape index (κ1) is 23.4. The SMILES string of the molecule is COCCn1ccc(-c2cc3c(-c4ccc(CNC(=O)OC(C)(C)C)c(C)c4)ncnn3c2)n1. The summed E-state index contributed by atoms with van der Waals surface area (Å²) >= 11 is 0. The van der Waals surface area contributed by atoms with Gasteiger partial charge in [-0.1, -0.05) is 12.1 Å². The van der Waals surface area contributed by atoms with Gasteiger partial charge in [0.05, 0.1) is 30.1 Å². The molecule has 9 nitrogen and oxygen atoms in total. The lowest BCUT2D eigenvalue weighted by Crippen LogP contribution is -2.32. The number of carbonyl (C=O) groups is 1. The number of nitrogens with one attached hydrogen (secondary N) is 1. The largest absolute Gasteiger partial charge is 0.444 e. The maximum atomic E-state index is 12.0. The van der Waals surface area contributed by atoms with Crippen LogP contribution in [0.5, 0.6) is 0 Å². The fourth-order valence-electron chi connectivity index (χ4n) is 3.64. The van der Waals surface area contributed by atoms with Crippen LogP contribution in [-0.2, 0) is 22.6 Å². The summed E-state index contributed by atoms with van der Waals surface area (Å²) in [5, 5.41) is 11.8. The van der Waals surface area contributed by atoms with Crippen molar-refractivity contribution < 1.29 is 14.3 Å². The second-order valence-corrected chi connectivity index (χ2v) is 9.12. The number of nitrogens with zero attached hydrogens (tertiary/aromatic N) is 5. The van der Waals surface area contributed by atoms with Crippen LogP contribution in [-0.4, -0.2) is 49.8 Å². The molecule has 9 heteroatoms. The van der Waals surface area contributed by atoms with E-state index in [0.717, 1.165) is 39.2 Å². The predicted octanol–water partition coefficient (Wildman–Crippen LogP) is 4.24. The molecule has 1 aromatic carbocycles. The van der Waals surface area contributed by atoms with Crippen LogP contribution in [0.3, 0.4) is 0 Å². The molecule has 0 unspecified atom stereocenters. The van der Waals surface area contributed by atoms with E-state index in [1.807, 2.05) is 73.6 Å². The normalized spacial score (nSPS) is 11.7. The number of ether oxygens (including phenoxy) is 2. The number of benzene rings is 1. The van der Waals surface area contributed by atoms with Gasteiger partial charge in [-0.2, -0.15) is 10.2 Å². The molecule has 0 aliphatic rings. The molecule has 0 saturated heterocycles. The minimum absolute atomic E-state index is 0.390. The molecule has 4 rings (SSSR count). The molecule has 0 bridgehead atoms. The molecule has 0 radical (unpaired) electrons. The van der Waals surface area contributed by atoms with Crippen LogP contribution >= 0.6 is 0 Å². The van der Waals surface area contributed by atoms with E-state index >= 15 is 0 Å². The number of aryl methyl sites for hydroxylation is 1. The molecular formula is C25H30N6O3. The zero-order valence-corrected chi connectivity index (χ0v) is 20.2. The van der Waals surface area contributed by atoms with Crippen LogP contribution < -0.4 is 5.32 Å². The molecule has 34 heavy (non-hydrogen) atoms. The topological polar surface area (TPSA) is 95.6 Å². The Hall–Kier alpha value is -3.72. The van der Waals surface area contributed by atoms with E-state index in [4.69, 9.17) is 9.47 Å². The summed E-state index contributed by atoms with van der Waals surface area (Å²) in [5.41, 5.74) is 6.06. The van der Waals surface area contributed by atoms with Crippen molar-refractivity contribution in [2.45, 2.75) is 46.4 Å². The fraction of sp³-hybridized carbons (Fsp3) is 0.360. The van der Waals surface area contributed by atoms with Gasteiger partial charge in [-0.15, -0.1) is 0 Å². The van der Waals surface area contributed by atoms with Crippen molar-refractivity contribution in [1.82, 2.24) is 29.7 Å². The number of hydrogen-bond acceptors (Lipinski definition) is 6. The number of hydrogen-bond donors (Lipinski definition) is 1. The molecule has 3 heterocycles. The van der Waals surface area contributed by atoms with Gasteiger partial charge in [0.2, 0.25) is 0 Å². The van der Waals surface area contributed by atoms with Gasteiger partial charge in [0.15, 0.2) is 0 Å². The average Bonchev–Trinajstić information content (AvgIpc) is 3.42. The zero-order chi connectivity index (χ0) is 24.3. The van der Waals surface area contributed by atoms with Crippen LogP contribution in [0, 0.1) is 6.92 Å². The Morgan fingerprint density at radius 1 is 1.15 bits per heavy atom. The monoisotopic (exact) mass is 462 g/mol. The molecule has 0 saturated carbocycles. The average molecular weight is 463 g/mol. The Kier molecular flexibility index (Phi) is 6.65. The summed E-state index contributed by atoms with van der Waals surface area (Å²) in [4.78, 5) is 16.5. The molecular weight excluding hydrogens is 432 g/mol. The number of aromatic nitrogens is 5. The van der Waals surface area contributed by atoms with Gasteiger partial charge in [0.25, 0.3) is 0 Å². The molecule has 3 aromatic heterocycles. The van der Waals surface area contributed by atoms with Crippen LogP contribution in [0.25, 0.3) is 28.0 Å². The molecule has 4 aromatic rings. The maximum Gasteiger partial charge on any atom is 0.407 e. The minimum Gasteiger partial charge on any atom is -0.444 e. The number of carbonyl (C=O) groups excluding carboxylic acids is 1. The third-order valence-corrected chi connectivity index (χ3v) is 5.30. The number of rotatable bonds is 7. The first-order valence-electron chi connectivity index (χ1n) is 11.2. The van der Waals surface area contributed by atoms with Crippen molar-refractivity contribution in [2.75, 3.05) is 13.7 Å². The Balaban J connectivity index is 1.56. The number of fused-ring (bicyclic) bond motifs is 1. The molecule has 1 amide bonds. The Bertz CT molecular complexity index is 1300. The second kappa shape index (κ2) is 9.64. The lowest BCUT2D eigenvalue weighted by molar-refractivity contribution is 0.0523. The molecule has 0 fully saturated rings. The summed E-state index contributed by atoms with van der Waals surface area (Å²) in [6.07, 6.45) is 5.02. The van der Waals surface area contributed by atoms with E-state index in [1.54, 1.807) is 13.4 Å². The molecule has 0 aliphatic carbocycles. The summed E-state index contributed by atoms with van der Waals surface area (Å²) in [7, 11) is 1.68. The highest BCUT2D eigenvalue weighted by Crippen LogP contribution is 2.28. The van der Waals surface area contributed by atoms with Crippen molar-refractivity contribution in [2.24, 2.45) is 0 Å². The third kappa shape index (κ3) is 5.43. The van der Waals surface area contributed by atoms with Crippen LogP contribution in [0.15, 0.2) is 49.1 Å². The van der Waals surface area contributed by atoms with E-state index in [0.29, 0.717) is 19.7 Å². The molecule has 0 aliphatic heterocycles.